The zero-order valence-corrected chi connectivity index (χ0v) is 10.4. The predicted octanol–water partition coefficient (Wildman–Crippen LogP) is 1.09. The highest BCUT2D eigenvalue weighted by Gasteiger charge is 2.19. The largest absolute Gasteiger partial charge is 0.476 e. The van der Waals surface area contributed by atoms with E-state index in [0.717, 1.165) is 24.6 Å². The van der Waals surface area contributed by atoms with Gasteiger partial charge in [0.25, 0.3) is 0 Å². The molecule has 0 aliphatic carbocycles. The van der Waals surface area contributed by atoms with Crippen LogP contribution in [0, 0.1) is 0 Å². The molecule has 0 spiro atoms. The van der Waals surface area contributed by atoms with Gasteiger partial charge >= 0.3 is 0 Å². The van der Waals surface area contributed by atoms with Crippen LogP contribution in [0.5, 0.6) is 5.88 Å². The van der Waals surface area contributed by atoms with Crippen molar-refractivity contribution < 1.29 is 9.47 Å². The summed E-state index contributed by atoms with van der Waals surface area (Å²) in [5, 5.41) is 3.33. The molecule has 2 aromatic heterocycles. The highest BCUT2D eigenvalue weighted by Crippen LogP contribution is 2.14. The summed E-state index contributed by atoms with van der Waals surface area (Å²) in [5.41, 5.74) is 0.892. The van der Waals surface area contributed by atoms with Gasteiger partial charge in [0.1, 0.15) is 18.4 Å². The van der Waals surface area contributed by atoms with Crippen molar-refractivity contribution in [3.05, 3.63) is 30.6 Å². The molecule has 0 bridgehead atoms. The maximum Gasteiger partial charge on any atom is 0.199 e. The number of imidazole rings is 1. The molecule has 1 aliphatic heterocycles. The van der Waals surface area contributed by atoms with Crippen molar-refractivity contribution in [2.75, 3.05) is 19.7 Å². The van der Waals surface area contributed by atoms with E-state index in [1.165, 1.54) is 0 Å². The normalized spacial score (nSPS) is 24.3. The third-order valence-corrected chi connectivity index (χ3v) is 3.04. The van der Waals surface area contributed by atoms with E-state index in [1.54, 1.807) is 6.20 Å². The lowest BCUT2D eigenvalue weighted by molar-refractivity contribution is -0.0478. The van der Waals surface area contributed by atoms with E-state index in [0.29, 0.717) is 6.61 Å². The number of rotatable bonds is 3. The van der Waals surface area contributed by atoms with E-state index in [4.69, 9.17) is 9.47 Å². The van der Waals surface area contributed by atoms with Crippen LogP contribution in [-0.2, 0) is 4.74 Å². The fourth-order valence-electron chi connectivity index (χ4n) is 2.19. The molecule has 2 unspecified atom stereocenters. The van der Waals surface area contributed by atoms with Crippen LogP contribution in [0.15, 0.2) is 30.6 Å². The Balaban J connectivity index is 1.67. The number of nitrogens with zero attached hydrogens (tertiary/aromatic N) is 2. The quantitative estimate of drug-likeness (QED) is 0.882. The van der Waals surface area contributed by atoms with Crippen LogP contribution in [0.4, 0.5) is 0 Å². The minimum Gasteiger partial charge on any atom is -0.476 e. The van der Waals surface area contributed by atoms with Crippen molar-refractivity contribution in [2.45, 2.75) is 19.1 Å². The molecular weight excluding hydrogens is 230 g/mol. The number of ether oxygens (including phenoxy) is 2. The molecular formula is C13H17N3O2. The summed E-state index contributed by atoms with van der Waals surface area (Å²) in [4.78, 5) is 4.23. The maximum absolute atomic E-state index is 5.82. The summed E-state index contributed by atoms with van der Waals surface area (Å²) in [6, 6.07) is 5.84. The first-order valence-corrected chi connectivity index (χ1v) is 6.24. The molecule has 1 fully saturated rings. The number of pyridine rings is 1. The van der Waals surface area contributed by atoms with Gasteiger partial charge in [0.05, 0.1) is 6.10 Å². The zero-order chi connectivity index (χ0) is 12.4. The van der Waals surface area contributed by atoms with Gasteiger partial charge < -0.3 is 14.8 Å². The number of morpholine rings is 1. The number of fused-ring (bicyclic) bond motifs is 1. The zero-order valence-electron chi connectivity index (χ0n) is 10.4. The predicted molar refractivity (Wildman–Crippen MR) is 67.9 cm³/mol. The number of hydrogen-bond acceptors (Lipinski definition) is 4. The first kappa shape index (κ1) is 11.5. The third kappa shape index (κ3) is 2.32. The van der Waals surface area contributed by atoms with Gasteiger partial charge in [-0.25, -0.2) is 4.98 Å². The standard InChI is InChI=1S/C13H17N3O2/c1-10-7-14-8-11(18-10)9-17-13-4-2-3-12-15-5-6-16(12)13/h2-6,10-11,14H,7-9H2,1H3. The number of hydrogen-bond donors (Lipinski definition) is 1. The van der Waals surface area contributed by atoms with Gasteiger partial charge in [-0.2, -0.15) is 0 Å². The van der Waals surface area contributed by atoms with Crippen molar-refractivity contribution >= 4 is 5.65 Å². The molecule has 0 radical (unpaired) electrons. The minimum absolute atomic E-state index is 0.104. The Morgan fingerprint density at radius 3 is 3.33 bits per heavy atom. The third-order valence-electron chi connectivity index (χ3n) is 3.04. The Kier molecular flexibility index (Phi) is 3.17. The summed E-state index contributed by atoms with van der Waals surface area (Å²) in [5.74, 6) is 0.798. The highest BCUT2D eigenvalue weighted by atomic mass is 16.5. The van der Waals surface area contributed by atoms with Crippen LogP contribution in [-0.4, -0.2) is 41.3 Å². The van der Waals surface area contributed by atoms with Gasteiger partial charge in [0, 0.05) is 25.5 Å². The summed E-state index contributed by atoms with van der Waals surface area (Å²) in [6.45, 7) is 4.36. The fourth-order valence-corrected chi connectivity index (χ4v) is 2.19. The molecule has 0 amide bonds. The van der Waals surface area contributed by atoms with Gasteiger partial charge in [0.2, 0.25) is 0 Å². The molecule has 3 heterocycles. The molecule has 96 valence electrons. The van der Waals surface area contributed by atoms with E-state index < -0.39 is 0 Å². The van der Waals surface area contributed by atoms with Crippen LogP contribution in [0.2, 0.25) is 0 Å². The molecule has 5 nitrogen and oxygen atoms in total. The summed E-state index contributed by atoms with van der Waals surface area (Å²) < 4.78 is 13.5. The van der Waals surface area contributed by atoms with E-state index in [1.807, 2.05) is 28.8 Å². The fraction of sp³-hybridized carbons (Fsp3) is 0.462. The molecule has 1 N–H and O–H groups in total. The van der Waals surface area contributed by atoms with Gasteiger partial charge in [-0.05, 0) is 19.1 Å². The first-order chi connectivity index (χ1) is 8.83. The van der Waals surface area contributed by atoms with Gasteiger partial charge in [0.15, 0.2) is 5.88 Å². The average Bonchev–Trinajstić information content (AvgIpc) is 2.85. The van der Waals surface area contributed by atoms with E-state index >= 15 is 0 Å². The Morgan fingerprint density at radius 2 is 2.44 bits per heavy atom. The van der Waals surface area contributed by atoms with Gasteiger partial charge in [-0.1, -0.05) is 6.07 Å². The lowest BCUT2D eigenvalue weighted by Gasteiger charge is -2.28. The molecule has 0 saturated carbocycles. The molecule has 3 rings (SSSR count). The Bertz CT molecular complexity index is 526. The molecule has 5 heteroatoms. The Morgan fingerprint density at radius 1 is 1.50 bits per heavy atom. The summed E-state index contributed by atoms with van der Waals surface area (Å²) >= 11 is 0. The Hall–Kier alpha value is -1.59. The number of nitrogens with one attached hydrogen (secondary N) is 1. The minimum atomic E-state index is 0.104. The van der Waals surface area contributed by atoms with Gasteiger partial charge in [-0.15, -0.1) is 0 Å². The van der Waals surface area contributed by atoms with Crippen molar-refractivity contribution in [2.24, 2.45) is 0 Å². The van der Waals surface area contributed by atoms with Crippen molar-refractivity contribution in [1.82, 2.24) is 14.7 Å². The van der Waals surface area contributed by atoms with Crippen molar-refractivity contribution in [3.8, 4) is 5.88 Å². The second-order valence-electron chi connectivity index (χ2n) is 4.56. The van der Waals surface area contributed by atoms with Crippen LogP contribution < -0.4 is 10.1 Å². The Labute approximate surface area is 106 Å². The van der Waals surface area contributed by atoms with Crippen molar-refractivity contribution in [1.29, 1.82) is 0 Å². The SMILES string of the molecule is CC1CNCC(COc2cccc3nccn23)O1. The summed E-state index contributed by atoms with van der Waals surface area (Å²) in [7, 11) is 0. The summed E-state index contributed by atoms with van der Waals surface area (Å²) in [6.07, 6.45) is 4.01. The average molecular weight is 247 g/mol. The monoisotopic (exact) mass is 247 g/mol. The topological polar surface area (TPSA) is 47.8 Å². The van der Waals surface area contributed by atoms with Crippen LogP contribution >= 0.6 is 0 Å². The molecule has 2 atom stereocenters. The lowest BCUT2D eigenvalue weighted by atomic mass is 10.2. The number of aromatic nitrogens is 2. The van der Waals surface area contributed by atoms with Gasteiger partial charge in [-0.3, -0.25) is 4.40 Å². The van der Waals surface area contributed by atoms with E-state index in [-0.39, 0.29) is 12.2 Å². The van der Waals surface area contributed by atoms with Crippen LogP contribution in [0.1, 0.15) is 6.92 Å². The maximum atomic E-state index is 5.82. The van der Waals surface area contributed by atoms with E-state index in [2.05, 4.69) is 17.2 Å². The van der Waals surface area contributed by atoms with Crippen molar-refractivity contribution in [3.63, 3.8) is 0 Å². The molecule has 18 heavy (non-hydrogen) atoms. The second-order valence-corrected chi connectivity index (χ2v) is 4.56. The molecule has 1 aliphatic rings. The smallest absolute Gasteiger partial charge is 0.199 e. The molecule has 0 aromatic carbocycles. The molecule has 2 aromatic rings. The van der Waals surface area contributed by atoms with Crippen LogP contribution in [0.3, 0.4) is 0 Å². The highest BCUT2D eigenvalue weighted by molar-refractivity contribution is 5.41. The van der Waals surface area contributed by atoms with E-state index in [9.17, 15) is 0 Å². The molecule has 1 saturated heterocycles. The van der Waals surface area contributed by atoms with Crippen LogP contribution in [0.25, 0.3) is 5.65 Å². The first-order valence-electron chi connectivity index (χ1n) is 6.24. The lowest BCUT2D eigenvalue weighted by Crippen LogP contribution is -2.45. The second kappa shape index (κ2) is 4.96.